The van der Waals surface area contributed by atoms with Gasteiger partial charge in [-0.1, -0.05) is 41.1 Å². The van der Waals surface area contributed by atoms with Gasteiger partial charge in [0.05, 0.1) is 16.3 Å². The largest absolute Gasteiger partial charge is 0.398 e. The first kappa shape index (κ1) is 14.0. The molecule has 19 heavy (non-hydrogen) atoms. The Balaban J connectivity index is 2.47. The number of aryl methyl sites for hydroxylation is 2. The number of rotatable bonds is 2. The Bertz CT molecular complexity index is 644. The van der Waals surface area contributed by atoms with E-state index in [1.54, 1.807) is 0 Å². The molecule has 0 spiro atoms. The molecule has 0 saturated heterocycles. The summed E-state index contributed by atoms with van der Waals surface area (Å²) in [5.41, 5.74) is 14.1. The molecule has 0 bridgehead atoms. The molecule has 0 unspecified atom stereocenters. The standard InChI is InChI=1S/C14H14ClFN2S/c1-7-3-4-11(8(2)5-7)19-14-10(18)6-9(17)12(15)13(14)16/h3-6H,17-18H2,1-2H3. The minimum absolute atomic E-state index is 0.0820. The Labute approximate surface area is 120 Å². The summed E-state index contributed by atoms with van der Waals surface area (Å²) in [5.74, 6) is -0.566. The van der Waals surface area contributed by atoms with Crippen LogP contribution in [0, 0.1) is 19.7 Å². The van der Waals surface area contributed by atoms with Crippen LogP contribution in [0.4, 0.5) is 15.8 Å². The van der Waals surface area contributed by atoms with Crippen LogP contribution in [0.25, 0.3) is 0 Å². The van der Waals surface area contributed by atoms with Crippen molar-refractivity contribution in [3.63, 3.8) is 0 Å². The molecule has 0 radical (unpaired) electrons. The van der Waals surface area contributed by atoms with Crippen molar-refractivity contribution in [3.05, 3.63) is 46.2 Å². The molecule has 0 heterocycles. The van der Waals surface area contributed by atoms with Crippen LogP contribution >= 0.6 is 23.4 Å². The molecule has 0 aromatic heterocycles. The molecule has 0 atom stereocenters. The molecule has 2 aromatic carbocycles. The lowest BCUT2D eigenvalue weighted by atomic mass is 10.2. The SMILES string of the molecule is Cc1ccc(Sc2c(N)cc(N)c(Cl)c2F)c(C)c1. The lowest BCUT2D eigenvalue weighted by molar-refractivity contribution is 0.604. The number of halogens is 2. The minimum Gasteiger partial charge on any atom is -0.398 e. The Morgan fingerprint density at radius 2 is 1.79 bits per heavy atom. The van der Waals surface area contributed by atoms with Gasteiger partial charge in [-0.15, -0.1) is 0 Å². The van der Waals surface area contributed by atoms with E-state index in [0.717, 1.165) is 16.0 Å². The summed E-state index contributed by atoms with van der Waals surface area (Å²) >= 11 is 7.08. The van der Waals surface area contributed by atoms with E-state index < -0.39 is 5.82 Å². The number of nitrogens with two attached hydrogens (primary N) is 2. The van der Waals surface area contributed by atoms with E-state index in [-0.39, 0.29) is 10.7 Å². The molecule has 2 nitrogen and oxygen atoms in total. The molecule has 5 heteroatoms. The highest BCUT2D eigenvalue weighted by molar-refractivity contribution is 7.99. The van der Waals surface area contributed by atoms with Crippen LogP contribution in [-0.2, 0) is 0 Å². The average molecular weight is 297 g/mol. The third kappa shape index (κ3) is 2.80. The Morgan fingerprint density at radius 1 is 1.11 bits per heavy atom. The molecule has 0 aliphatic heterocycles. The lowest BCUT2D eigenvalue weighted by Gasteiger charge is -2.12. The van der Waals surface area contributed by atoms with Crippen LogP contribution < -0.4 is 11.5 Å². The van der Waals surface area contributed by atoms with Gasteiger partial charge in [-0.05, 0) is 31.5 Å². The summed E-state index contributed by atoms with van der Waals surface area (Å²) in [6.07, 6.45) is 0. The molecular weight excluding hydrogens is 283 g/mol. The fraction of sp³-hybridized carbons (Fsp3) is 0.143. The molecule has 0 saturated carbocycles. The van der Waals surface area contributed by atoms with E-state index in [9.17, 15) is 4.39 Å². The molecule has 0 fully saturated rings. The van der Waals surface area contributed by atoms with Crippen molar-refractivity contribution < 1.29 is 4.39 Å². The minimum atomic E-state index is -0.566. The molecule has 4 N–H and O–H groups in total. The third-order valence-corrected chi connectivity index (χ3v) is 4.44. The van der Waals surface area contributed by atoms with Crippen molar-refractivity contribution in [2.45, 2.75) is 23.6 Å². The van der Waals surface area contributed by atoms with Crippen molar-refractivity contribution >= 4 is 34.7 Å². The van der Waals surface area contributed by atoms with Crippen LogP contribution in [0.15, 0.2) is 34.1 Å². The Hall–Kier alpha value is -1.39. The van der Waals surface area contributed by atoms with Gasteiger partial charge in [-0.25, -0.2) is 4.39 Å². The molecule has 0 aliphatic carbocycles. The maximum atomic E-state index is 14.1. The van der Waals surface area contributed by atoms with E-state index in [1.165, 1.54) is 17.8 Å². The predicted octanol–water partition coefficient (Wildman–Crippen LogP) is 4.41. The fourth-order valence-electron chi connectivity index (χ4n) is 1.78. The number of hydrogen-bond acceptors (Lipinski definition) is 3. The monoisotopic (exact) mass is 296 g/mol. The second kappa shape index (κ2) is 5.31. The van der Waals surface area contributed by atoms with E-state index in [0.29, 0.717) is 10.6 Å². The van der Waals surface area contributed by atoms with Crippen LogP contribution in [0.1, 0.15) is 11.1 Å². The van der Waals surface area contributed by atoms with Gasteiger partial charge < -0.3 is 11.5 Å². The lowest BCUT2D eigenvalue weighted by Crippen LogP contribution is -1.98. The fourth-order valence-corrected chi connectivity index (χ4v) is 2.93. The highest BCUT2D eigenvalue weighted by atomic mass is 35.5. The van der Waals surface area contributed by atoms with E-state index in [2.05, 4.69) is 0 Å². The van der Waals surface area contributed by atoms with Crippen molar-refractivity contribution in [3.8, 4) is 0 Å². The highest BCUT2D eigenvalue weighted by Crippen LogP contribution is 2.40. The number of benzene rings is 2. The molecule has 0 aliphatic rings. The van der Waals surface area contributed by atoms with Gasteiger partial charge in [0.1, 0.15) is 5.02 Å². The zero-order chi connectivity index (χ0) is 14.2. The summed E-state index contributed by atoms with van der Waals surface area (Å²) in [6, 6.07) is 7.44. The maximum absolute atomic E-state index is 14.1. The summed E-state index contributed by atoms with van der Waals surface area (Å²) in [6.45, 7) is 3.98. The number of anilines is 2. The van der Waals surface area contributed by atoms with Gasteiger partial charge >= 0.3 is 0 Å². The number of nitrogen functional groups attached to an aromatic ring is 2. The average Bonchev–Trinajstić information content (AvgIpc) is 2.34. The van der Waals surface area contributed by atoms with E-state index in [1.807, 2.05) is 32.0 Å². The highest BCUT2D eigenvalue weighted by Gasteiger charge is 2.16. The predicted molar refractivity (Wildman–Crippen MR) is 80.3 cm³/mol. The van der Waals surface area contributed by atoms with E-state index >= 15 is 0 Å². The van der Waals surface area contributed by atoms with Gasteiger partial charge in [0, 0.05) is 4.90 Å². The van der Waals surface area contributed by atoms with Gasteiger partial charge in [0.15, 0.2) is 5.82 Å². The first-order valence-electron chi connectivity index (χ1n) is 5.68. The van der Waals surface area contributed by atoms with Gasteiger partial charge in [-0.2, -0.15) is 0 Å². The van der Waals surface area contributed by atoms with Crippen LogP contribution in [0.3, 0.4) is 0 Å². The molecule has 2 rings (SSSR count). The first-order valence-corrected chi connectivity index (χ1v) is 6.87. The Morgan fingerprint density at radius 3 is 2.42 bits per heavy atom. The zero-order valence-corrected chi connectivity index (χ0v) is 12.2. The second-order valence-corrected chi connectivity index (χ2v) is 5.81. The zero-order valence-electron chi connectivity index (χ0n) is 10.6. The van der Waals surface area contributed by atoms with Crippen LogP contribution in [0.2, 0.25) is 5.02 Å². The van der Waals surface area contributed by atoms with Crippen LogP contribution in [-0.4, -0.2) is 0 Å². The quantitative estimate of drug-likeness (QED) is 0.807. The first-order chi connectivity index (χ1) is 8.90. The summed E-state index contributed by atoms with van der Waals surface area (Å²) in [4.78, 5) is 1.25. The molecule has 2 aromatic rings. The third-order valence-electron chi connectivity index (χ3n) is 2.76. The molecular formula is C14H14ClFN2S. The molecule has 0 amide bonds. The normalized spacial score (nSPS) is 10.7. The van der Waals surface area contributed by atoms with Gasteiger partial charge in [-0.3, -0.25) is 0 Å². The van der Waals surface area contributed by atoms with Crippen molar-refractivity contribution in [1.82, 2.24) is 0 Å². The second-order valence-electron chi connectivity index (χ2n) is 4.38. The van der Waals surface area contributed by atoms with Crippen molar-refractivity contribution in [2.75, 3.05) is 11.5 Å². The van der Waals surface area contributed by atoms with Crippen LogP contribution in [0.5, 0.6) is 0 Å². The summed E-state index contributed by atoms with van der Waals surface area (Å²) in [7, 11) is 0. The van der Waals surface area contributed by atoms with Gasteiger partial charge in [0.25, 0.3) is 0 Å². The summed E-state index contributed by atoms with van der Waals surface area (Å²) < 4.78 is 14.1. The van der Waals surface area contributed by atoms with Gasteiger partial charge in [0.2, 0.25) is 0 Å². The smallest absolute Gasteiger partial charge is 0.159 e. The molecule has 100 valence electrons. The van der Waals surface area contributed by atoms with E-state index in [4.69, 9.17) is 23.1 Å². The summed E-state index contributed by atoms with van der Waals surface area (Å²) in [5, 5.41) is -0.0820. The topological polar surface area (TPSA) is 52.0 Å². The van der Waals surface area contributed by atoms with Crippen molar-refractivity contribution in [1.29, 1.82) is 0 Å². The van der Waals surface area contributed by atoms with Crippen molar-refractivity contribution in [2.24, 2.45) is 0 Å². The Kier molecular flexibility index (Phi) is 3.92. The maximum Gasteiger partial charge on any atom is 0.159 e. The number of hydrogen-bond donors (Lipinski definition) is 2.